The molecule has 4 N–H and O–H groups in total. The second-order valence-corrected chi connectivity index (χ2v) is 8.62. The highest BCUT2D eigenvalue weighted by Gasteiger charge is 2.37. The Morgan fingerprint density at radius 3 is 2.68 bits per heavy atom. The molecule has 1 aromatic rings. The Morgan fingerprint density at radius 1 is 1.32 bits per heavy atom. The van der Waals surface area contributed by atoms with Crippen LogP contribution in [0.1, 0.15) is 19.4 Å². The van der Waals surface area contributed by atoms with E-state index in [9.17, 15) is 29.7 Å². The van der Waals surface area contributed by atoms with Crippen molar-refractivity contribution in [2.24, 2.45) is 0 Å². The molecule has 1 saturated heterocycles. The fourth-order valence-electron chi connectivity index (χ4n) is 2.73. The van der Waals surface area contributed by atoms with Gasteiger partial charge in [-0.2, -0.15) is 0 Å². The third-order valence-corrected chi connectivity index (χ3v) is 6.08. The van der Waals surface area contributed by atoms with Gasteiger partial charge in [0.15, 0.2) is 11.5 Å². The summed E-state index contributed by atoms with van der Waals surface area (Å²) < 4.78 is 0. The van der Waals surface area contributed by atoms with Crippen LogP contribution in [0.15, 0.2) is 18.2 Å². The van der Waals surface area contributed by atoms with E-state index in [4.69, 9.17) is 0 Å². The molecule has 2 amide bonds. The van der Waals surface area contributed by atoms with Crippen LogP contribution >= 0.6 is 23.5 Å². The number of carbonyl (C=O) groups excluding carboxylic acids is 3. The van der Waals surface area contributed by atoms with E-state index in [1.54, 1.807) is 0 Å². The summed E-state index contributed by atoms with van der Waals surface area (Å²) >= 11 is 2.66. The van der Waals surface area contributed by atoms with Crippen molar-refractivity contribution in [1.82, 2.24) is 10.2 Å². The highest BCUT2D eigenvalue weighted by Crippen LogP contribution is 2.26. The standard InChI is InChI=1S/C18H24N2O6S2/c1-3-28-18(26)12-8-27-9-20(12)17(25)10(2)19-16(24)15(23)7-11-4-5-13(21)14(22)6-11/h4-6,10,12,15,21-23H,3,7-9H2,1-2H3,(H,19,24). The number of aromatic hydroxyl groups is 2. The van der Waals surface area contributed by atoms with Crippen molar-refractivity contribution >= 4 is 40.5 Å². The summed E-state index contributed by atoms with van der Waals surface area (Å²) in [5.41, 5.74) is 0.454. The molecule has 10 heteroatoms. The summed E-state index contributed by atoms with van der Waals surface area (Å²) in [6, 6.07) is 2.59. The maximum atomic E-state index is 12.7. The maximum absolute atomic E-state index is 12.7. The Morgan fingerprint density at radius 2 is 2.04 bits per heavy atom. The smallest absolute Gasteiger partial charge is 0.249 e. The number of aliphatic hydroxyl groups is 1. The van der Waals surface area contributed by atoms with Crippen molar-refractivity contribution in [2.75, 3.05) is 17.4 Å². The molecule has 0 aliphatic carbocycles. The molecule has 1 aliphatic heterocycles. The topological polar surface area (TPSA) is 127 Å². The van der Waals surface area contributed by atoms with Gasteiger partial charge < -0.3 is 25.5 Å². The Hall–Kier alpha value is -1.91. The summed E-state index contributed by atoms with van der Waals surface area (Å²) in [7, 11) is 0. The number of carbonyl (C=O) groups is 3. The largest absolute Gasteiger partial charge is 0.504 e. The van der Waals surface area contributed by atoms with Crippen LogP contribution in [0.2, 0.25) is 0 Å². The minimum absolute atomic E-state index is 0.0634. The zero-order chi connectivity index (χ0) is 20.8. The van der Waals surface area contributed by atoms with Crippen molar-refractivity contribution in [3.63, 3.8) is 0 Å². The summed E-state index contributed by atoms with van der Waals surface area (Å²) in [5, 5.41) is 31.3. The van der Waals surface area contributed by atoms with Gasteiger partial charge in [-0.05, 0) is 30.4 Å². The number of nitrogens with zero attached hydrogens (tertiary/aromatic N) is 1. The number of rotatable bonds is 7. The molecule has 1 fully saturated rings. The number of hydrogen-bond donors (Lipinski definition) is 4. The van der Waals surface area contributed by atoms with Gasteiger partial charge in [-0.1, -0.05) is 24.8 Å². The van der Waals surface area contributed by atoms with Crippen LogP contribution in [-0.4, -0.2) is 72.7 Å². The first kappa shape index (κ1) is 22.4. The fourth-order valence-corrected chi connectivity index (χ4v) is 4.68. The lowest BCUT2D eigenvalue weighted by Gasteiger charge is -2.26. The number of phenols is 2. The Labute approximate surface area is 171 Å². The molecule has 28 heavy (non-hydrogen) atoms. The van der Waals surface area contributed by atoms with Crippen molar-refractivity contribution in [2.45, 2.75) is 38.5 Å². The van der Waals surface area contributed by atoms with E-state index in [1.165, 1.54) is 53.5 Å². The van der Waals surface area contributed by atoms with E-state index in [-0.39, 0.29) is 28.9 Å². The maximum Gasteiger partial charge on any atom is 0.249 e. The average Bonchev–Trinajstić information content (AvgIpc) is 3.14. The first-order valence-corrected chi connectivity index (χ1v) is 10.9. The van der Waals surface area contributed by atoms with Gasteiger partial charge in [0.2, 0.25) is 16.9 Å². The van der Waals surface area contributed by atoms with Crippen LogP contribution in [0.3, 0.4) is 0 Å². The lowest BCUT2D eigenvalue weighted by atomic mass is 10.1. The predicted molar refractivity (Wildman–Crippen MR) is 108 cm³/mol. The van der Waals surface area contributed by atoms with Gasteiger partial charge in [0.1, 0.15) is 18.2 Å². The summed E-state index contributed by atoms with van der Waals surface area (Å²) in [5.74, 6) is -0.196. The van der Waals surface area contributed by atoms with E-state index in [0.717, 1.165) is 0 Å². The van der Waals surface area contributed by atoms with Crippen molar-refractivity contribution in [3.05, 3.63) is 23.8 Å². The molecule has 2 rings (SSSR count). The third-order valence-electron chi connectivity index (χ3n) is 4.22. The predicted octanol–water partition coefficient (Wildman–Crippen LogP) is 0.687. The summed E-state index contributed by atoms with van der Waals surface area (Å²) in [4.78, 5) is 38.5. The van der Waals surface area contributed by atoms with Crippen LogP contribution in [0.25, 0.3) is 0 Å². The number of amides is 2. The molecule has 0 spiro atoms. The van der Waals surface area contributed by atoms with Crippen molar-refractivity contribution in [3.8, 4) is 11.5 Å². The van der Waals surface area contributed by atoms with Gasteiger partial charge >= 0.3 is 0 Å². The van der Waals surface area contributed by atoms with Crippen LogP contribution < -0.4 is 5.32 Å². The molecular formula is C18H24N2O6S2. The Bertz CT molecular complexity index is 745. The van der Waals surface area contributed by atoms with Crippen molar-refractivity contribution in [1.29, 1.82) is 0 Å². The van der Waals surface area contributed by atoms with Crippen LogP contribution in [0, 0.1) is 0 Å². The first-order chi connectivity index (χ1) is 13.2. The molecular weight excluding hydrogens is 404 g/mol. The Balaban J connectivity index is 1.93. The van der Waals surface area contributed by atoms with E-state index in [0.29, 0.717) is 22.9 Å². The SMILES string of the molecule is CCSC(=O)C1CSCN1C(=O)C(C)NC(=O)C(O)Cc1ccc(O)c(O)c1. The number of hydrogen-bond acceptors (Lipinski definition) is 8. The monoisotopic (exact) mass is 428 g/mol. The molecule has 1 aliphatic rings. The fraction of sp³-hybridized carbons (Fsp3) is 0.500. The van der Waals surface area contributed by atoms with Gasteiger partial charge in [-0.25, -0.2) is 0 Å². The molecule has 1 heterocycles. The van der Waals surface area contributed by atoms with Gasteiger partial charge in [0.25, 0.3) is 0 Å². The quantitative estimate of drug-likeness (QED) is 0.467. The highest BCUT2D eigenvalue weighted by molar-refractivity contribution is 8.13. The summed E-state index contributed by atoms with van der Waals surface area (Å²) in [6.45, 7) is 3.38. The van der Waals surface area contributed by atoms with Crippen LogP contribution in [0.4, 0.5) is 0 Å². The summed E-state index contributed by atoms with van der Waals surface area (Å²) in [6.07, 6.45) is -1.52. The molecule has 0 radical (unpaired) electrons. The normalized spacial score (nSPS) is 18.5. The minimum atomic E-state index is -1.43. The second kappa shape index (κ2) is 10.0. The van der Waals surface area contributed by atoms with Gasteiger partial charge in [0, 0.05) is 12.2 Å². The van der Waals surface area contributed by atoms with E-state index in [2.05, 4.69) is 5.32 Å². The van der Waals surface area contributed by atoms with Gasteiger partial charge in [0.05, 0.1) is 5.88 Å². The average molecular weight is 429 g/mol. The van der Waals surface area contributed by atoms with Gasteiger partial charge in [-0.15, -0.1) is 11.8 Å². The van der Waals surface area contributed by atoms with E-state index < -0.39 is 24.1 Å². The molecule has 154 valence electrons. The minimum Gasteiger partial charge on any atom is -0.504 e. The second-order valence-electron chi connectivity index (χ2n) is 6.35. The molecule has 1 aromatic carbocycles. The number of aliphatic hydroxyl groups excluding tert-OH is 1. The van der Waals surface area contributed by atoms with Crippen molar-refractivity contribution < 1.29 is 29.7 Å². The molecule has 3 atom stereocenters. The molecule has 0 saturated carbocycles. The van der Waals surface area contributed by atoms with Crippen LogP contribution in [0.5, 0.6) is 11.5 Å². The number of thioether (sulfide) groups is 2. The Kier molecular flexibility index (Phi) is 8.02. The highest BCUT2D eigenvalue weighted by atomic mass is 32.2. The first-order valence-electron chi connectivity index (χ1n) is 8.78. The number of nitrogens with one attached hydrogen (secondary N) is 1. The molecule has 3 unspecified atom stereocenters. The third kappa shape index (κ3) is 5.55. The number of phenolic OH excluding ortho intramolecular Hbond substituents is 2. The molecule has 8 nitrogen and oxygen atoms in total. The molecule has 0 aromatic heterocycles. The molecule has 0 bridgehead atoms. The zero-order valence-corrected chi connectivity index (χ0v) is 17.3. The van der Waals surface area contributed by atoms with E-state index in [1.807, 2.05) is 6.92 Å². The lowest BCUT2D eigenvalue weighted by molar-refractivity contribution is -0.140. The number of benzene rings is 1. The van der Waals surface area contributed by atoms with E-state index >= 15 is 0 Å². The zero-order valence-electron chi connectivity index (χ0n) is 15.6. The lowest BCUT2D eigenvalue weighted by Crippen LogP contribution is -2.52. The van der Waals surface area contributed by atoms with Crippen LogP contribution in [-0.2, 0) is 20.8 Å². The van der Waals surface area contributed by atoms with Gasteiger partial charge in [-0.3, -0.25) is 14.4 Å².